The molecule has 0 saturated heterocycles. The molecule has 2 aromatic rings. The molecule has 0 radical (unpaired) electrons. The molecule has 2 aromatic carbocycles. The van der Waals surface area contributed by atoms with Crippen molar-refractivity contribution in [1.82, 2.24) is 0 Å². The molecule has 35 heavy (non-hydrogen) atoms. The molecule has 1 aliphatic rings. The number of aliphatic imine (C=N–C) groups is 4. The Balaban J connectivity index is 0.000000356. The highest BCUT2D eigenvalue weighted by atomic mass is 16.1. The van der Waals surface area contributed by atoms with Crippen molar-refractivity contribution in [2.45, 2.75) is 52.5 Å². The Hall–Kier alpha value is -4.04. The zero-order valence-corrected chi connectivity index (χ0v) is 20.2. The maximum atomic E-state index is 10.3. The SMILES string of the molecule is CC1(C)CC(N=C=O)CC(C)(CN=C=O)C1.O=C=Nc1ccc(Cc2ccc(N=C=O)cc2)cc1.[HH]. The fourth-order valence-corrected chi connectivity index (χ4v) is 4.81. The zero-order chi connectivity index (χ0) is 25.7. The Morgan fingerprint density at radius 3 is 1.71 bits per heavy atom. The van der Waals surface area contributed by atoms with Gasteiger partial charge < -0.3 is 0 Å². The van der Waals surface area contributed by atoms with E-state index in [4.69, 9.17) is 0 Å². The van der Waals surface area contributed by atoms with Crippen molar-refractivity contribution in [2.24, 2.45) is 30.8 Å². The summed E-state index contributed by atoms with van der Waals surface area (Å²) >= 11 is 0. The van der Waals surface area contributed by atoms with Crippen LogP contribution in [0.4, 0.5) is 11.4 Å². The number of benzene rings is 2. The van der Waals surface area contributed by atoms with E-state index in [0.717, 1.165) is 36.8 Å². The van der Waals surface area contributed by atoms with Gasteiger partial charge in [-0.3, -0.25) is 0 Å². The third-order valence-corrected chi connectivity index (χ3v) is 5.81. The number of nitrogens with zero attached hydrogens (tertiary/aromatic N) is 4. The summed E-state index contributed by atoms with van der Waals surface area (Å²) in [6, 6.07) is 14.7. The van der Waals surface area contributed by atoms with Crippen LogP contribution in [0.5, 0.6) is 0 Å². The average molecular weight is 475 g/mol. The Kier molecular flexibility index (Phi) is 10.1. The van der Waals surface area contributed by atoms with Crippen LogP contribution in [0, 0.1) is 10.8 Å². The summed E-state index contributed by atoms with van der Waals surface area (Å²) in [6.07, 6.45) is 9.65. The maximum absolute atomic E-state index is 10.3. The number of hydrogen-bond donors (Lipinski definition) is 0. The Morgan fingerprint density at radius 2 is 1.29 bits per heavy atom. The van der Waals surface area contributed by atoms with Crippen molar-refractivity contribution in [3.8, 4) is 0 Å². The van der Waals surface area contributed by atoms with E-state index in [2.05, 4.69) is 40.7 Å². The maximum Gasteiger partial charge on any atom is 0.240 e. The first-order valence-corrected chi connectivity index (χ1v) is 11.2. The van der Waals surface area contributed by atoms with E-state index in [-0.39, 0.29) is 18.3 Å². The molecule has 0 bridgehead atoms. The van der Waals surface area contributed by atoms with Gasteiger partial charge in [-0.1, -0.05) is 45.0 Å². The highest BCUT2D eigenvalue weighted by Gasteiger charge is 2.41. The van der Waals surface area contributed by atoms with E-state index >= 15 is 0 Å². The molecule has 0 heterocycles. The van der Waals surface area contributed by atoms with Gasteiger partial charge in [0.1, 0.15) is 0 Å². The minimum Gasteiger partial charge on any atom is -0.211 e. The second kappa shape index (κ2) is 13.0. The average Bonchev–Trinajstić information content (AvgIpc) is 2.80. The fraction of sp³-hybridized carbons (Fsp3) is 0.407. The second-order valence-corrected chi connectivity index (χ2v) is 9.76. The lowest BCUT2D eigenvalue weighted by molar-refractivity contribution is 0.0915. The lowest BCUT2D eigenvalue weighted by Crippen LogP contribution is -2.39. The highest BCUT2D eigenvalue weighted by molar-refractivity contribution is 5.51. The summed E-state index contributed by atoms with van der Waals surface area (Å²) in [7, 11) is 0. The molecule has 3 rings (SSSR count). The molecular formula is C27H30N4O4. The van der Waals surface area contributed by atoms with Crippen LogP contribution in [0.15, 0.2) is 68.5 Å². The van der Waals surface area contributed by atoms with Gasteiger partial charge in [-0.15, -0.1) is 0 Å². The molecule has 1 aliphatic carbocycles. The van der Waals surface area contributed by atoms with Crippen LogP contribution in [0.25, 0.3) is 0 Å². The van der Waals surface area contributed by atoms with E-state index in [1.165, 1.54) is 12.2 Å². The summed E-state index contributed by atoms with van der Waals surface area (Å²) in [5.41, 5.74) is 3.46. The largest absolute Gasteiger partial charge is 0.240 e. The van der Waals surface area contributed by atoms with E-state index in [1.807, 2.05) is 24.3 Å². The van der Waals surface area contributed by atoms with Gasteiger partial charge in [0.05, 0.1) is 24.0 Å². The van der Waals surface area contributed by atoms with E-state index in [0.29, 0.717) is 17.9 Å². The molecular weight excluding hydrogens is 444 g/mol. The van der Waals surface area contributed by atoms with Gasteiger partial charge >= 0.3 is 0 Å². The van der Waals surface area contributed by atoms with Gasteiger partial charge in [0.25, 0.3) is 0 Å². The molecule has 2 atom stereocenters. The Morgan fingerprint density at radius 1 is 0.771 bits per heavy atom. The standard InChI is InChI=1S/C15H10N2O2.C12H18N2O2.H2/c18-10-16-14-5-1-12(2-6-14)9-13-3-7-15(8-4-13)17-11-19;1-11(2)4-10(14-9-16)5-12(3,6-11)7-13-8-15;/h1-8H,9H2;10H,4-7H2,1-3H3;1H. The van der Waals surface area contributed by atoms with Crippen molar-refractivity contribution in [1.29, 1.82) is 0 Å². The van der Waals surface area contributed by atoms with Crippen LogP contribution in [0.3, 0.4) is 0 Å². The third kappa shape index (κ3) is 9.38. The van der Waals surface area contributed by atoms with Gasteiger partial charge in [-0.2, -0.15) is 9.98 Å². The first kappa shape index (κ1) is 27.2. The summed E-state index contributed by atoms with van der Waals surface area (Å²) in [5, 5.41) is 0. The third-order valence-electron chi connectivity index (χ3n) is 5.81. The first-order chi connectivity index (χ1) is 16.7. The summed E-state index contributed by atoms with van der Waals surface area (Å²) in [5.74, 6) is 0. The molecule has 8 heteroatoms. The predicted octanol–water partition coefficient (Wildman–Crippen LogP) is 5.70. The van der Waals surface area contributed by atoms with E-state index in [1.54, 1.807) is 36.4 Å². The summed E-state index contributed by atoms with van der Waals surface area (Å²) < 4.78 is 0. The molecule has 8 nitrogen and oxygen atoms in total. The molecule has 0 aromatic heterocycles. The van der Waals surface area contributed by atoms with E-state index < -0.39 is 0 Å². The van der Waals surface area contributed by atoms with Gasteiger partial charge in [0.2, 0.25) is 24.3 Å². The fourth-order valence-electron chi connectivity index (χ4n) is 4.81. The van der Waals surface area contributed by atoms with Crippen molar-refractivity contribution in [3.63, 3.8) is 0 Å². The van der Waals surface area contributed by atoms with Gasteiger partial charge in [-0.05, 0) is 71.9 Å². The molecule has 0 aliphatic heterocycles. The smallest absolute Gasteiger partial charge is 0.211 e. The zero-order valence-electron chi connectivity index (χ0n) is 20.2. The second-order valence-electron chi connectivity index (χ2n) is 9.76. The molecule has 0 spiro atoms. The molecule has 182 valence electrons. The van der Waals surface area contributed by atoms with Crippen molar-refractivity contribution in [2.75, 3.05) is 6.54 Å². The van der Waals surface area contributed by atoms with Crippen LogP contribution in [0.2, 0.25) is 0 Å². The van der Waals surface area contributed by atoms with Crippen LogP contribution in [0.1, 0.15) is 52.6 Å². The lowest BCUT2D eigenvalue weighted by Gasteiger charge is -2.44. The molecule has 0 N–H and O–H groups in total. The number of carbonyl (C=O) groups excluding carboxylic acids is 4. The number of hydrogen-bond acceptors (Lipinski definition) is 8. The van der Waals surface area contributed by atoms with Gasteiger partial charge in [0.15, 0.2) is 0 Å². The van der Waals surface area contributed by atoms with Crippen LogP contribution in [-0.2, 0) is 25.6 Å². The number of rotatable bonds is 7. The first-order valence-electron chi connectivity index (χ1n) is 11.2. The van der Waals surface area contributed by atoms with E-state index in [9.17, 15) is 19.2 Å². The van der Waals surface area contributed by atoms with Crippen LogP contribution in [-0.4, -0.2) is 36.9 Å². The molecule has 1 saturated carbocycles. The van der Waals surface area contributed by atoms with Crippen LogP contribution < -0.4 is 0 Å². The number of isocyanates is 4. The van der Waals surface area contributed by atoms with Crippen molar-refractivity contribution in [3.05, 3.63) is 59.7 Å². The summed E-state index contributed by atoms with van der Waals surface area (Å²) in [4.78, 5) is 55.3. The Bertz CT molecular complexity index is 1130. The molecule has 1 fully saturated rings. The Labute approximate surface area is 206 Å². The normalized spacial score (nSPS) is 19.8. The van der Waals surface area contributed by atoms with Gasteiger partial charge in [0, 0.05) is 1.43 Å². The predicted molar refractivity (Wildman–Crippen MR) is 134 cm³/mol. The summed E-state index contributed by atoms with van der Waals surface area (Å²) in [6.45, 7) is 6.86. The minimum absolute atomic E-state index is 0. The quantitative estimate of drug-likeness (QED) is 0.378. The molecule has 2 unspecified atom stereocenters. The minimum atomic E-state index is -0.0653. The van der Waals surface area contributed by atoms with Gasteiger partial charge in [-0.25, -0.2) is 29.2 Å². The monoisotopic (exact) mass is 474 g/mol. The lowest BCUT2D eigenvalue weighted by atomic mass is 9.63. The van der Waals surface area contributed by atoms with Crippen molar-refractivity contribution >= 4 is 35.7 Å². The van der Waals surface area contributed by atoms with Crippen LogP contribution >= 0.6 is 0 Å². The molecule has 0 amide bonds. The highest BCUT2D eigenvalue weighted by Crippen LogP contribution is 2.47. The van der Waals surface area contributed by atoms with Crippen molar-refractivity contribution < 1.29 is 20.6 Å². The topological polar surface area (TPSA) is 118 Å².